The molecule has 2 aliphatic rings. The van der Waals surface area contributed by atoms with E-state index >= 15 is 0 Å². The van der Waals surface area contributed by atoms with Crippen LogP contribution in [-0.2, 0) is 16.1 Å². The van der Waals surface area contributed by atoms with E-state index in [2.05, 4.69) is 26.2 Å². The number of aromatic nitrogens is 1. The van der Waals surface area contributed by atoms with Gasteiger partial charge in [-0.1, -0.05) is 0 Å². The third-order valence-electron chi connectivity index (χ3n) is 5.10. The molecule has 1 N–H and O–H groups in total. The van der Waals surface area contributed by atoms with E-state index in [4.69, 9.17) is 4.74 Å². The summed E-state index contributed by atoms with van der Waals surface area (Å²) in [4.78, 5) is 21.3. The molecule has 0 aliphatic carbocycles. The fraction of sp³-hybridized carbons (Fsp3) is 0.667. The number of ether oxygens (including phenoxy) is 1. The quantitative estimate of drug-likeness (QED) is 0.883. The number of pyridine rings is 1. The molecule has 0 bridgehead atoms. The van der Waals surface area contributed by atoms with Gasteiger partial charge in [0.1, 0.15) is 5.82 Å². The molecule has 0 spiro atoms. The molecule has 24 heavy (non-hydrogen) atoms. The van der Waals surface area contributed by atoms with Gasteiger partial charge >= 0.3 is 0 Å². The van der Waals surface area contributed by atoms with E-state index in [9.17, 15) is 4.79 Å². The number of methoxy groups -OCH3 is 1. The highest BCUT2D eigenvalue weighted by Crippen LogP contribution is 2.20. The van der Waals surface area contributed by atoms with Gasteiger partial charge in [0.05, 0.1) is 12.1 Å². The lowest BCUT2D eigenvalue weighted by Crippen LogP contribution is -2.41. The maximum absolute atomic E-state index is 12.4. The summed E-state index contributed by atoms with van der Waals surface area (Å²) in [7, 11) is 3.68. The van der Waals surface area contributed by atoms with Gasteiger partial charge in [0.2, 0.25) is 5.91 Å². The zero-order valence-electron chi connectivity index (χ0n) is 14.7. The highest BCUT2D eigenvalue weighted by Gasteiger charge is 2.34. The maximum Gasteiger partial charge on any atom is 0.237 e. The fourth-order valence-corrected chi connectivity index (χ4v) is 3.60. The SMILES string of the molecule is CO[C@H]1C[C@@H](C(=O)NCc2ccnc(N3CCCCC3)c2)N(C)C1. The lowest BCUT2D eigenvalue weighted by molar-refractivity contribution is -0.125. The number of nitrogens with one attached hydrogen (secondary N) is 1. The van der Waals surface area contributed by atoms with Crippen LogP contribution in [0.5, 0.6) is 0 Å². The Bertz CT molecular complexity index is 560. The number of amides is 1. The van der Waals surface area contributed by atoms with Gasteiger partial charge in [-0.25, -0.2) is 4.98 Å². The zero-order chi connectivity index (χ0) is 16.9. The summed E-state index contributed by atoms with van der Waals surface area (Å²) in [6, 6.07) is 3.98. The molecule has 6 heteroatoms. The second-order valence-corrected chi connectivity index (χ2v) is 6.84. The van der Waals surface area contributed by atoms with E-state index in [-0.39, 0.29) is 18.1 Å². The summed E-state index contributed by atoms with van der Waals surface area (Å²) in [6.45, 7) is 3.51. The van der Waals surface area contributed by atoms with Gasteiger partial charge in [0, 0.05) is 39.5 Å². The number of nitrogens with zero attached hydrogens (tertiary/aromatic N) is 3. The molecule has 132 valence electrons. The molecule has 3 heterocycles. The minimum Gasteiger partial charge on any atom is -0.380 e. The number of piperidine rings is 1. The number of anilines is 1. The summed E-state index contributed by atoms with van der Waals surface area (Å²) >= 11 is 0. The first-order chi connectivity index (χ1) is 11.7. The van der Waals surface area contributed by atoms with Crippen molar-refractivity contribution >= 4 is 11.7 Å². The summed E-state index contributed by atoms with van der Waals surface area (Å²) in [5.74, 6) is 1.10. The standard InChI is InChI=1S/C18H28N4O2/c1-21-13-15(24-2)11-16(21)18(23)20-12-14-6-7-19-17(10-14)22-8-4-3-5-9-22/h6-7,10,15-16H,3-5,8-9,11-13H2,1-2H3,(H,20,23)/t15-,16-/m0/s1. The molecular formula is C18H28N4O2. The molecule has 1 aromatic rings. The Labute approximate surface area is 144 Å². The molecule has 2 atom stereocenters. The van der Waals surface area contributed by atoms with Gasteiger partial charge in [-0.2, -0.15) is 0 Å². The van der Waals surface area contributed by atoms with Crippen molar-refractivity contribution < 1.29 is 9.53 Å². The van der Waals surface area contributed by atoms with Crippen molar-refractivity contribution in [2.45, 2.75) is 44.4 Å². The van der Waals surface area contributed by atoms with Crippen molar-refractivity contribution in [1.82, 2.24) is 15.2 Å². The topological polar surface area (TPSA) is 57.7 Å². The molecule has 2 aliphatic heterocycles. The molecule has 2 saturated heterocycles. The van der Waals surface area contributed by atoms with Gasteiger partial charge in [0.15, 0.2) is 0 Å². The largest absolute Gasteiger partial charge is 0.380 e. The van der Waals surface area contributed by atoms with Gasteiger partial charge in [-0.05, 0) is 50.4 Å². The first-order valence-electron chi connectivity index (χ1n) is 8.88. The van der Waals surface area contributed by atoms with E-state index in [1.807, 2.05) is 19.3 Å². The number of rotatable bonds is 5. The van der Waals surface area contributed by atoms with E-state index < -0.39 is 0 Å². The van der Waals surface area contributed by atoms with Crippen LogP contribution in [0.1, 0.15) is 31.2 Å². The Morgan fingerprint density at radius 3 is 2.88 bits per heavy atom. The molecule has 0 aromatic carbocycles. The fourth-order valence-electron chi connectivity index (χ4n) is 3.60. The lowest BCUT2D eigenvalue weighted by atomic mass is 10.1. The van der Waals surface area contributed by atoms with Crippen molar-refractivity contribution in [3.8, 4) is 0 Å². The van der Waals surface area contributed by atoms with Gasteiger partial charge in [-0.15, -0.1) is 0 Å². The predicted molar refractivity (Wildman–Crippen MR) is 94.0 cm³/mol. The third-order valence-corrected chi connectivity index (χ3v) is 5.10. The minimum absolute atomic E-state index is 0.0772. The summed E-state index contributed by atoms with van der Waals surface area (Å²) in [6.07, 6.45) is 6.53. The summed E-state index contributed by atoms with van der Waals surface area (Å²) < 4.78 is 5.37. The van der Waals surface area contributed by atoms with Gasteiger partial charge < -0.3 is 15.0 Å². The number of hydrogen-bond donors (Lipinski definition) is 1. The number of likely N-dealkylation sites (tertiary alicyclic amines) is 1. The van der Waals surface area contributed by atoms with Crippen LogP contribution in [0.4, 0.5) is 5.82 Å². The van der Waals surface area contributed by atoms with E-state index in [1.54, 1.807) is 7.11 Å². The number of likely N-dealkylation sites (N-methyl/N-ethyl adjacent to an activating group) is 1. The molecule has 6 nitrogen and oxygen atoms in total. The second-order valence-electron chi connectivity index (χ2n) is 6.84. The number of carbonyl (C=O) groups excluding carboxylic acids is 1. The molecule has 2 fully saturated rings. The second kappa shape index (κ2) is 7.94. The molecule has 1 amide bonds. The third kappa shape index (κ3) is 4.05. The van der Waals surface area contributed by atoms with Crippen LogP contribution in [0, 0.1) is 0 Å². The zero-order valence-corrected chi connectivity index (χ0v) is 14.7. The van der Waals surface area contributed by atoms with Crippen molar-refractivity contribution in [2.24, 2.45) is 0 Å². The Morgan fingerprint density at radius 1 is 1.38 bits per heavy atom. The first-order valence-corrected chi connectivity index (χ1v) is 8.88. The molecule has 0 unspecified atom stereocenters. The smallest absolute Gasteiger partial charge is 0.237 e. The van der Waals surface area contributed by atoms with Crippen LogP contribution in [0.25, 0.3) is 0 Å². The Kier molecular flexibility index (Phi) is 5.68. The van der Waals surface area contributed by atoms with Gasteiger partial charge in [0.25, 0.3) is 0 Å². The van der Waals surface area contributed by atoms with Crippen LogP contribution < -0.4 is 10.2 Å². The Hall–Kier alpha value is -1.66. The van der Waals surface area contributed by atoms with Crippen molar-refractivity contribution in [2.75, 3.05) is 38.7 Å². The van der Waals surface area contributed by atoms with Crippen LogP contribution in [0.2, 0.25) is 0 Å². The van der Waals surface area contributed by atoms with Crippen molar-refractivity contribution in [3.05, 3.63) is 23.9 Å². The monoisotopic (exact) mass is 332 g/mol. The Morgan fingerprint density at radius 2 is 2.17 bits per heavy atom. The first kappa shape index (κ1) is 17.2. The summed E-state index contributed by atoms with van der Waals surface area (Å²) in [5, 5.41) is 3.06. The van der Waals surface area contributed by atoms with E-state index in [1.165, 1.54) is 19.3 Å². The number of carbonyl (C=O) groups is 1. The van der Waals surface area contributed by atoms with Gasteiger partial charge in [-0.3, -0.25) is 9.69 Å². The molecule has 1 aromatic heterocycles. The van der Waals surface area contributed by atoms with E-state index in [0.29, 0.717) is 6.54 Å². The maximum atomic E-state index is 12.4. The van der Waals surface area contributed by atoms with Crippen molar-refractivity contribution in [1.29, 1.82) is 0 Å². The highest BCUT2D eigenvalue weighted by atomic mass is 16.5. The molecule has 3 rings (SSSR count). The highest BCUT2D eigenvalue weighted by molar-refractivity contribution is 5.82. The normalized spacial score (nSPS) is 25.0. The van der Waals surface area contributed by atoms with Crippen LogP contribution in [-0.4, -0.2) is 61.7 Å². The Balaban J connectivity index is 1.55. The van der Waals surface area contributed by atoms with Crippen LogP contribution in [0.15, 0.2) is 18.3 Å². The molecular weight excluding hydrogens is 304 g/mol. The average Bonchev–Trinajstić information content (AvgIpc) is 3.02. The van der Waals surface area contributed by atoms with Crippen LogP contribution >= 0.6 is 0 Å². The minimum atomic E-state index is -0.0987. The summed E-state index contributed by atoms with van der Waals surface area (Å²) in [5.41, 5.74) is 1.10. The predicted octanol–water partition coefficient (Wildman–Crippen LogP) is 1.41. The van der Waals surface area contributed by atoms with E-state index in [0.717, 1.165) is 37.4 Å². The number of hydrogen-bond acceptors (Lipinski definition) is 5. The molecule has 0 radical (unpaired) electrons. The average molecular weight is 332 g/mol. The van der Waals surface area contributed by atoms with Crippen molar-refractivity contribution in [3.63, 3.8) is 0 Å². The molecule has 0 saturated carbocycles. The van der Waals surface area contributed by atoms with Crippen LogP contribution in [0.3, 0.4) is 0 Å². The lowest BCUT2D eigenvalue weighted by Gasteiger charge is -2.28.